The topological polar surface area (TPSA) is 26.0 Å². The van der Waals surface area contributed by atoms with Crippen LogP contribution in [0.3, 0.4) is 0 Å². The Morgan fingerprint density at radius 2 is 1.87 bits per heavy atom. The van der Waals surface area contributed by atoms with Gasteiger partial charge in [-0.1, -0.05) is 26.0 Å². The summed E-state index contributed by atoms with van der Waals surface area (Å²) in [6, 6.07) is 8.22. The molecule has 0 aliphatic carbocycles. The van der Waals surface area contributed by atoms with Crippen LogP contribution in [0.5, 0.6) is 0 Å². The Hall–Kier alpha value is -0.630. The number of aryl methyl sites for hydroxylation is 1. The Kier molecular flexibility index (Phi) is 5.62. The zero-order valence-corrected chi connectivity index (χ0v) is 10.5. The molecule has 0 bridgehead atoms. The fraction of sp³-hybridized carbons (Fsp3) is 0.538. The average Bonchev–Trinajstić information content (AvgIpc) is 2.20. The third kappa shape index (κ3) is 5.73. The molecule has 0 aromatic heterocycles. The molecule has 0 atom stereocenters. The molecule has 2 N–H and O–H groups in total. The monoisotopic (exact) mass is 223 g/mol. The van der Waals surface area contributed by atoms with E-state index in [9.17, 15) is 0 Å². The van der Waals surface area contributed by atoms with Crippen molar-refractivity contribution in [2.45, 2.75) is 26.7 Å². The minimum Gasteiger partial charge on any atom is -0.399 e. The lowest BCUT2D eigenvalue weighted by atomic mass is 10.1. The number of nitrogens with two attached hydrogens (primary N) is 1. The van der Waals surface area contributed by atoms with Gasteiger partial charge in [0, 0.05) is 5.69 Å². The zero-order chi connectivity index (χ0) is 11.1. The summed E-state index contributed by atoms with van der Waals surface area (Å²) in [5.74, 6) is 3.36. The van der Waals surface area contributed by atoms with Gasteiger partial charge < -0.3 is 5.73 Å². The van der Waals surface area contributed by atoms with Crippen LogP contribution in [0.2, 0.25) is 0 Å². The molecule has 0 amide bonds. The first-order chi connectivity index (χ1) is 7.18. The van der Waals surface area contributed by atoms with E-state index >= 15 is 0 Å². The third-order valence-electron chi connectivity index (χ3n) is 2.19. The Balaban J connectivity index is 2.12. The van der Waals surface area contributed by atoms with Gasteiger partial charge in [0.05, 0.1) is 0 Å². The van der Waals surface area contributed by atoms with Crippen molar-refractivity contribution in [3.63, 3.8) is 0 Å². The first kappa shape index (κ1) is 12.4. The number of nitrogen functional groups attached to an aromatic ring is 1. The first-order valence-corrected chi connectivity index (χ1v) is 6.76. The van der Waals surface area contributed by atoms with E-state index in [1.807, 2.05) is 12.1 Å². The fourth-order valence-corrected chi connectivity index (χ4v) is 2.37. The van der Waals surface area contributed by atoms with E-state index in [2.05, 4.69) is 37.7 Å². The molecule has 0 fully saturated rings. The van der Waals surface area contributed by atoms with Gasteiger partial charge in [0.1, 0.15) is 0 Å². The molecular weight excluding hydrogens is 202 g/mol. The van der Waals surface area contributed by atoms with E-state index < -0.39 is 0 Å². The van der Waals surface area contributed by atoms with Crippen molar-refractivity contribution in [3.8, 4) is 0 Å². The normalized spacial score (nSPS) is 10.9. The van der Waals surface area contributed by atoms with E-state index in [0.29, 0.717) is 0 Å². The van der Waals surface area contributed by atoms with Crippen LogP contribution in [0, 0.1) is 5.92 Å². The largest absolute Gasteiger partial charge is 0.399 e. The summed E-state index contributed by atoms with van der Waals surface area (Å²) < 4.78 is 0. The molecule has 1 aromatic rings. The maximum Gasteiger partial charge on any atom is 0.0314 e. The number of hydrogen-bond acceptors (Lipinski definition) is 2. The van der Waals surface area contributed by atoms with E-state index in [0.717, 1.165) is 11.6 Å². The van der Waals surface area contributed by atoms with E-state index in [4.69, 9.17) is 5.73 Å². The highest BCUT2D eigenvalue weighted by Crippen LogP contribution is 2.12. The summed E-state index contributed by atoms with van der Waals surface area (Å²) in [7, 11) is 0. The van der Waals surface area contributed by atoms with E-state index in [1.54, 1.807) is 0 Å². The van der Waals surface area contributed by atoms with Crippen LogP contribution in [-0.2, 0) is 6.42 Å². The highest BCUT2D eigenvalue weighted by atomic mass is 32.2. The molecule has 0 aliphatic rings. The summed E-state index contributed by atoms with van der Waals surface area (Å²) >= 11 is 2.06. The van der Waals surface area contributed by atoms with Gasteiger partial charge in [-0.15, -0.1) is 0 Å². The molecular formula is C13H21NS. The molecule has 1 rings (SSSR count). The SMILES string of the molecule is CC(C)CSCCCc1ccc(N)cc1. The van der Waals surface area contributed by atoms with Crippen molar-refractivity contribution in [2.24, 2.45) is 5.92 Å². The summed E-state index contributed by atoms with van der Waals surface area (Å²) in [5.41, 5.74) is 7.88. The Morgan fingerprint density at radius 3 is 2.47 bits per heavy atom. The fourth-order valence-electron chi connectivity index (χ4n) is 1.38. The predicted molar refractivity (Wildman–Crippen MR) is 71.3 cm³/mol. The smallest absolute Gasteiger partial charge is 0.0314 e. The second-order valence-corrected chi connectivity index (χ2v) is 5.46. The van der Waals surface area contributed by atoms with Crippen LogP contribution in [0.25, 0.3) is 0 Å². The van der Waals surface area contributed by atoms with Crippen LogP contribution in [0.15, 0.2) is 24.3 Å². The van der Waals surface area contributed by atoms with Gasteiger partial charge in [0.25, 0.3) is 0 Å². The quantitative estimate of drug-likeness (QED) is 0.589. The summed E-state index contributed by atoms with van der Waals surface area (Å²) in [4.78, 5) is 0. The van der Waals surface area contributed by atoms with Gasteiger partial charge in [-0.3, -0.25) is 0 Å². The van der Waals surface area contributed by atoms with Crippen LogP contribution in [0.1, 0.15) is 25.8 Å². The molecule has 15 heavy (non-hydrogen) atoms. The van der Waals surface area contributed by atoms with Crippen molar-refractivity contribution in [3.05, 3.63) is 29.8 Å². The molecule has 2 heteroatoms. The molecule has 84 valence electrons. The van der Waals surface area contributed by atoms with E-state index in [1.165, 1.54) is 29.9 Å². The Labute approximate surface area is 97.4 Å². The minimum absolute atomic E-state index is 0.812. The summed E-state index contributed by atoms with van der Waals surface area (Å²) in [6.45, 7) is 4.54. The van der Waals surface area contributed by atoms with Gasteiger partial charge in [0.2, 0.25) is 0 Å². The van der Waals surface area contributed by atoms with Gasteiger partial charge >= 0.3 is 0 Å². The molecule has 0 spiro atoms. The van der Waals surface area contributed by atoms with Crippen molar-refractivity contribution in [1.82, 2.24) is 0 Å². The van der Waals surface area contributed by atoms with Crippen LogP contribution in [-0.4, -0.2) is 11.5 Å². The van der Waals surface area contributed by atoms with Crippen molar-refractivity contribution >= 4 is 17.4 Å². The number of benzene rings is 1. The zero-order valence-electron chi connectivity index (χ0n) is 9.70. The highest BCUT2D eigenvalue weighted by molar-refractivity contribution is 7.99. The van der Waals surface area contributed by atoms with Gasteiger partial charge in [-0.2, -0.15) is 11.8 Å². The molecule has 0 saturated heterocycles. The lowest BCUT2D eigenvalue weighted by Crippen LogP contribution is -1.94. The maximum atomic E-state index is 5.63. The molecule has 0 radical (unpaired) electrons. The van der Waals surface area contributed by atoms with Gasteiger partial charge in [-0.05, 0) is 48.0 Å². The molecule has 0 saturated carbocycles. The minimum atomic E-state index is 0.812. The van der Waals surface area contributed by atoms with Crippen LogP contribution >= 0.6 is 11.8 Å². The van der Waals surface area contributed by atoms with Crippen molar-refractivity contribution in [2.75, 3.05) is 17.2 Å². The lowest BCUT2D eigenvalue weighted by molar-refractivity contribution is 0.749. The molecule has 0 heterocycles. The summed E-state index contributed by atoms with van der Waals surface area (Å²) in [6.07, 6.45) is 2.44. The number of hydrogen-bond donors (Lipinski definition) is 1. The number of thioether (sulfide) groups is 1. The Bertz CT molecular complexity index is 266. The number of anilines is 1. The van der Waals surface area contributed by atoms with Gasteiger partial charge in [-0.25, -0.2) is 0 Å². The molecule has 1 nitrogen and oxygen atoms in total. The van der Waals surface area contributed by atoms with Gasteiger partial charge in [0.15, 0.2) is 0 Å². The predicted octanol–water partition coefficient (Wildman–Crippen LogP) is 3.59. The van der Waals surface area contributed by atoms with Crippen molar-refractivity contribution in [1.29, 1.82) is 0 Å². The Morgan fingerprint density at radius 1 is 1.20 bits per heavy atom. The standard InChI is InChI=1S/C13H21NS/c1-11(2)10-15-9-3-4-12-5-7-13(14)8-6-12/h5-8,11H,3-4,9-10,14H2,1-2H3. The molecule has 1 aromatic carbocycles. The number of rotatable bonds is 6. The van der Waals surface area contributed by atoms with Crippen LogP contribution < -0.4 is 5.73 Å². The molecule has 0 aliphatic heterocycles. The second-order valence-electron chi connectivity index (χ2n) is 4.31. The first-order valence-electron chi connectivity index (χ1n) is 5.60. The maximum absolute atomic E-state index is 5.63. The third-order valence-corrected chi connectivity index (χ3v) is 3.66. The van der Waals surface area contributed by atoms with Crippen molar-refractivity contribution < 1.29 is 0 Å². The lowest BCUT2D eigenvalue weighted by Gasteiger charge is -2.04. The highest BCUT2D eigenvalue weighted by Gasteiger charge is 1.96. The van der Waals surface area contributed by atoms with E-state index in [-0.39, 0.29) is 0 Å². The molecule has 0 unspecified atom stereocenters. The van der Waals surface area contributed by atoms with Crippen LogP contribution in [0.4, 0.5) is 5.69 Å². The average molecular weight is 223 g/mol. The summed E-state index contributed by atoms with van der Waals surface area (Å²) in [5, 5.41) is 0. The second kappa shape index (κ2) is 6.78.